The molecule has 0 saturated heterocycles. The van der Waals surface area contributed by atoms with Gasteiger partial charge in [-0.25, -0.2) is 0 Å². The van der Waals surface area contributed by atoms with Crippen molar-refractivity contribution in [3.05, 3.63) is 35.0 Å². The Morgan fingerprint density at radius 1 is 1.18 bits per heavy atom. The average Bonchev–Trinajstić information content (AvgIpc) is 2.83. The fourth-order valence-electron chi connectivity index (χ4n) is 2.80. The molecule has 5 nitrogen and oxygen atoms in total. The molecule has 0 aliphatic heterocycles. The van der Waals surface area contributed by atoms with Crippen molar-refractivity contribution in [1.29, 1.82) is 0 Å². The quantitative estimate of drug-likeness (QED) is 0.913. The zero-order valence-corrected chi connectivity index (χ0v) is 13.8. The summed E-state index contributed by atoms with van der Waals surface area (Å²) in [6.07, 6.45) is 3.63. The molecule has 118 valence electrons. The molecular weight excluding hydrogens is 276 g/mol. The molecule has 1 aromatic carbocycles. The van der Waals surface area contributed by atoms with Crippen LogP contribution in [0.25, 0.3) is 0 Å². The zero-order valence-electron chi connectivity index (χ0n) is 13.8. The number of hydrogen-bond donors (Lipinski definition) is 1. The molecule has 0 bridgehead atoms. The first-order chi connectivity index (χ1) is 10.5. The summed E-state index contributed by atoms with van der Waals surface area (Å²) in [7, 11) is 4.11. The van der Waals surface area contributed by atoms with E-state index in [4.69, 9.17) is 4.42 Å². The van der Waals surface area contributed by atoms with Gasteiger partial charge in [-0.1, -0.05) is 6.42 Å². The van der Waals surface area contributed by atoms with Gasteiger partial charge in [0, 0.05) is 31.4 Å². The largest absolute Gasteiger partial charge is 0.423 e. The van der Waals surface area contributed by atoms with Crippen LogP contribution < -0.4 is 10.2 Å². The molecule has 2 aromatic rings. The second kappa shape index (κ2) is 5.99. The Labute approximate surface area is 131 Å². The lowest BCUT2D eigenvalue weighted by Crippen LogP contribution is -2.10. The molecule has 0 amide bonds. The van der Waals surface area contributed by atoms with Crippen LogP contribution >= 0.6 is 0 Å². The molecule has 0 spiro atoms. The van der Waals surface area contributed by atoms with Crippen LogP contribution in [0.2, 0.25) is 0 Å². The molecule has 1 fully saturated rings. The molecular formula is C17H24N4O. The van der Waals surface area contributed by atoms with Crippen molar-refractivity contribution in [1.82, 2.24) is 10.2 Å². The third-order valence-corrected chi connectivity index (χ3v) is 4.39. The lowest BCUT2D eigenvalue weighted by molar-refractivity contribution is 0.326. The maximum atomic E-state index is 5.76. The van der Waals surface area contributed by atoms with Crippen LogP contribution in [0.1, 0.15) is 48.1 Å². The molecule has 5 heteroatoms. The first-order valence-electron chi connectivity index (χ1n) is 7.89. The fraction of sp³-hybridized carbons (Fsp3) is 0.529. The van der Waals surface area contributed by atoms with Crippen molar-refractivity contribution in [2.24, 2.45) is 0 Å². The van der Waals surface area contributed by atoms with Gasteiger partial charge in [-0.3, -0.25) is 0 Å². The summed E-state index contributed by atoms with van der Waals surface area (Å²) in [5.41, 5.74) is 4.81. The third-order valence-electron chi connectivity index (χ3n) is 4.39. The Balaban J connectivity index is 1.69. The number of nitrogens with zero attached hydrogens (tertiary/aromatic N) is 3. The Kier molecular flexibility index (Phi) is 4.05. The van der Waals surface area contributed by atoms with Crippen molar-refractivity contribution in [3.8, 4) is 0 Å². The summed E-state index contributed by atoms with van der Waals surface area (Å²) in [5.74, 6) is 1.96. The molecule has 1 aromatic heterocycles. The number of hydrogen-bond acceptors (Lipinski definition) is 5. The highest BCUT2D eigenvalue weighted by Gasteiger charge is 2.25. The SMILES string of the molecule is Cc1cc(N(C)C)cc(C)c1NCc1nnc(C2CCC2)o1. The number of aryl methyl sites for hydroxylation is 2. The van der Waals surface area contributed by atoms with Crippen molar-refractivity contribution in [2.75, 3.05) is 24.3 Å². The van der Waals surface area contributed by atoms with E-state index in [0.29, 0.717) is 18.4 Å². The van der Waals surface area contributed by atoms with Gasteiger partial charge in [-0.05, 0) is 49.9 Å². The van der Waals surface area contributed by atoms with Gasteiger partial charge in [0.25, 0.3) is 0 Å². The van der Waals surface area contributed by atoms with Gasteiger partial charge in [0.2, 0.25) is 11.8 Å². The molecule has 1 saturated carbocycles. The molecule has 1 aliphatic carbocycles. The predicted octanol–water partition coefficient (Wildman–Crippen LogP) is 3.63. The van der Waals surface area contributed by atoms with Crippen LogP contribution in [0.15, 0.2) is 16.5 Å². The summed E-state index contributed by atoms with van der Waals surface area (Å²) in [6, 6.07) is 4.37. The number of aromatic nitrogens is 2. The molecule has 1 heterocycles. The Morgan fingerprint density at radius 3 is 2.41 bits per heavy atom. The van der Waals surface area contributed by atoms with Gasteiger partial charge in [-0.2, -0.15) is 0 Å². The van der Waals surface area contributed by atoms with E-state index >= 15 is 0 Å². The lowest BCUT2D eigenvalue weighted by atomic mass is 9.85. The topological polar surface area (TPSA) is 54.2 Å². The smallest absolute Gasteiger partial charge is 0.235 e. The minimum atomic E-state index is 0.490. The monoisotopic (exact) mass is 300 g/mol. The summed E-state index contributed by atoms with van der Waals surface area (Å²) in [4.78, 5) is 2.12. The molecule has 0 unspecified atom stereocenters. The van der Waals surface area contributed by atoms with E-state index < -0.39 is 0 Å². The molecule has 3 rings (SSSR count). The summed E-state index contributed by atoms with van der Waals surface area (Å²) < 4.78 is 5.76. The van der Waals surface area contributed by atoms with E-state index in [1.807, 2.05) is 0 Å². The normalized spacial score (nSPS) is 14.7. The van der Waals surface area contributed by atoms with Gasteiger partial charge in [0.05, 0.1) is 6.54 Å². The van der Waals surface area contributed by atoms with Crippen LogP contribution in [0, 0.1) is 13.8 Å². The standard InChI is InChI=1S/C17H24N4O/c1-11-8-14(21(3)4)9-12(2)16(11)18-10-15-19-20-17(22-15)13-6-5-7-13/h8-9,13,18H,5-7,10H2,1-4H3. The number of nitrogens with one attached hydrogen (secondary N) is 1. The zero-order chi connectivity index (χ0) is 15.7. The fourth-order valence-corrected chi connectivity index (χ4v) is 2.80. The van der Waals surface area contributed by atoms with E-state index in [1.165, 1.54) is 36.1 Å². The van der Waals surface area contributed by atoms with Crippen molar-refractivity contribution in [2.45, 2.75) is 45.6 Å². The molecule has 1 N–H and O–H groups in total. The van der Waals surface area contributed by atoms with E-state index in [-0.39, 0.29) is 0 Å². The highest BCUT2D eigenvalue weighted by atomic mass is 16.4. The summed E-state index contributed by atoms with van der Waals surface area (Å²) in [5, 5.41) is 11.8. The van der Waals surface area contributed by atoms with Gasteiger partial charge in [0.1, 0.15) is 0 Å². The van der Waals surface area contributed by atoms with Crippen LogP contribution in [0.5, 0.6) is 0 Å². The molecule has 0 radical (unpaired) electrons. The van der Waals surface area contributed by atoms with Gasteiger partial charge in [0.15, 0.2) is 0 Å². The Bertz CT molecular complexity index is 635. The predicted molar refractivity (Wildman–Crippen MR) is 88.5 cm³/mol. The van der Waals surface area contributed by atoms with Crippen LogP contribution in [-0.2, 0) is 6.54 Å². The van der Waals surface area contributed by atoms with E-state index in [1.54, 1.807) is 0 Å². The van der Waals surface area contributed by atoms with E-state index in [9.17, 15) is 0 Å². The second-order valence-electron chi connectivity index (χ2n) is 6.36. The van der Waals surface area contributed by atoms with E-state index in [0.717, 1.165) is 11.6 Å². The molecule has 22 heavy (non-hydrogen) atoms. The van der Waals surface area contributed by atoms with Gasteiger partial charge < -0.3 is 14.6 Å². The van der Waals surface area contributed by atoms with Crippen molar-refractivity contribution < 1.29 is 4.42 Å². The maximum absolute atomic E-state index is 5.76. The summed E-state index contributed by atoms with van der Waals surface area (Å²) >= 11 is 0. The van der Waals surface area contributed by atoms with Crippen molar-refractivity contribution >= 4 is 11.4 Å². The highest BCUT2D eigenvalue weighted by molar-refractivity contribution is 5.64. The lowest BCUT2D eigenvalue weighted by Gasteiger charge is -2.20. The summed E-state index contributed by atoms with van der Waals surface area (Å²) in [6.45, 7) is 4.81. The first-order valence-corrected chi connectivity index (χ1v) is 7.89. The average molecular weight is 300 g/mol. The molecule has 0 atom stereocenters. The number of benzene rings is 1. The van der Waals surface area contributed by atoms with Crippen LogP contribution in [0.3, 0.4) is 0 Å². The number of anilines is 2. The Hall–Kier alpha value is -2.04. The minimum absolute atomic E-state index is 0.490. The molecule has 1 aliphatic rings. The van der Waals surface area contributed by atoms with Crippen LogP contribution in [-0.4, -0.2) is 24.3 Å². The highest BCUT2D eigenvalue weighted by Crippen LogP contribution is 2.35. The van der Waals surface area contributed by atoms with Gasteiger partial charge >= 0.3 is 0 Å². The Morgan fingerprint density at radius 2 is 1.86 bits per heavy atom. The number of rotatable bonds is 5. The minimum Gasteiger partial charge on any atom is -0.423 e. The second-order valence-corrected chi connectivity index (χ2v) is 6.36. The first kappa shape index (κ1) is 14.9. The van der Waals surface area contributed by atoms with E-state index in [2.05, 4.69) is 60.5 Å². The van der Waals surface area contributed by atoms with Crippen LogP contribution in [0.4, 0.5) is 11.4 Å². The maximum Gasteiger partial charge on any atom is 0.235 e. The van der Waals surface area contributed by atoms with Crippen molar-refractivity contribution in [3.63, 3.8) is 0 Å². The van der Waals surface area contributed by atoms with Gasteiger partial charge in [-0.15, -0.1) is 10.2 Å². The third kappa shape index (κ3) is 2.93.